The van der Waals surface area contributed by atoms with Crippen molar-refractivity contribution in [3.8, 4) is 0 Å². The number of hydrogen-bond acceptors (Lipinski definition) is 9. The Bertz CT molecular complexity index is 930. The summed E-state index contributed by atoms with van der Waals surface area (Å²) < 4.78 is 18.2. The zero-order chi connectivity index (χ0) is 27.7. The van der Waals surface area contributed by atoms with Crippen LogP contribution in [0.1, 0.15) is 79.1 Å². The summed E-state index contributed by atoms with van der Waals surface area (Å²) >= 11 is 0. The highest BCUT2D eigenvalue weighted by molar-refractivity contribution is 5.83. The van der Waals surface area contributed by atoms with E-state index in [-0.39, 0.29) is 49.5 Å². The van der Waals surface area contributed by atoms with Crippen molar-refractivity contribution in [2.45, 2.75) is 109 Å². The number of carbonyl (C=O) groups excluding carboxylic acids is 3. The molecule has 3 N–H and O–H groups in total. The molecule has 0 radical (unpaired) electrons. The first kappa shape index (κ1) is 28.7. The van der Waals surface area contributed by atoms with Crippen LogP contribution in [0, 0.1) is 23.7 Å². The SMILES string of the molecule is C[C@@H]1[C@H](OC(=O)CCC(=O)NCCCC(=O)N[C@@H](C)C(=O)O)O[C@H]2O[C@]3(C)CC[C@H]4[C@H](C)CC[C@H]1[C@@]24OO3. The molecule has 4 aliphatic heterocycles. The Kier molecular flexibility index (Phi) is 8.65. The first-order valence-corrected chi connectivity index (χ1v) is 13.6. The lowest BCUT2D eigenvalue weighted by Crippen LogP contribution is -2.70. The maximum absolute atomic E-state index is 12.6. The number of fused-ring (bicyclic) bond motifs is 2. The maximum Gasteiger partial charge on any atom is 0.325 e. The number of carboxylic acids is 1. The summed E-state index contributed by atoms with van der Waals surface area (Å²) in [7, 11) is 0. The van der Waals surface area contributed by atoms with Gasteiger partial charge in [0.2, 0.25) is 23.9 Å². The quantitative estimate of drug-likeness (QED) is 0.213. The molecule has 1 aliphatic carbocycles. The molecule has 0 aromatic carbocycles. The number of esters is 1. The van der Waals surface area contributed by atoms with Crippen LogP contribution in [-0.2, 0) is 43.2 Å². The molecule has 2 amide bonds. The first-order chi connectivity index (χ1) is 17.9. The van der Waals surface area contributed by atoms with Crippen LogP contribution in [0.3, 0.4) is 0 Å². The van der Waals surface area contributed by atoms with Gasteiger partial charge in [0.1, 0.15) is 6.04 Å². The van der Waals surface area contributed by atoms with Gasteiger partial charge in [-0.25, -0.2) is 9.78 Å². The summed E-state index contributed by atoms with van der Waals surface area (Å²) in [5.74, 6) is -2.80. The summed E-state index contributed by atoms with van der Waals surface area (Å²) in [4.78, 5) is 59.1. The van der Waals surface area contributed by atoms with Gasteiger partial charge in [-0.15, -0.1) is 0 Å². The molecule has 12 nitrogen and oxygen atoms in total. The van der Waals surface area contributed by atoms with Crippen LogP contribution in [0.15, 0.2) is 0 Å². The lowest BCUT2D eigenvalue weighted by molar-refractivity contribution is -0.576. The first-order valence-electron chi connectivity index (χ1n) is 13.6. The number of carboxylic acid groups (broad SMARTS) is 1. The molecule has 1 spiro atoms. The van der Waals surface area contributed by atoms with Crippen LogP contribution in [0.2, 0.25) is 0 Å². The molecule has 0 aromatic heterocycles. The topological polar surface area (TPSA) is 159 Å². The zero-order valence-corrected chi connectivity index (χ0v) is 22.5. The Morgan fingerprint density at radius 3 is 2.53 bits per heavy atom. The predicted octanol–water partition coefficient (Wildman–Crippen LogP) is 2.00. The van der Waals surface area contributed by atoms with E-state index in [9.17, 15) is 19.2 Å². The van der Waals surface area contributed by atoms with Crippen LogP contribution in [-0.4, -0.2) is 65.4 Å². The van der Waals surface area contributed by atoms with Crippen LogP contribution in [0.5, 0.6) is 0 Å². The minimum atomic E-state index is -1.12. The molecule has 5 rings (SSSR count). The van der Waals surface area contributed by atoms with E-state index in [0.29, 0.717) is 18.8 Å². The Labute approximate surface area is 222 Å². The van der Waals surface area contributed by atoms with Crippen molar-refractivity contribution in [3.63, 3.8) is 0 Å². The fraction of sp³-hybridized carbons (Fsp3) is 0.846. The van der Waals surface area contributed by atoms with Gasteiger partial charge in [0.15, 0.2) is 11.9 Å². The lowest BCUT2D eigenvalue weighted by atomic mass is 9.58. The monoisotopic (exact) mass is 540 g/mol. The van der Waals surface area contributed by atoms with E-state index in [1.54, 1.807) is 0 Å². The van der Waals surface area contributed by atoms with E-state index in [1.807, 2.05) is 13.8 Å². The van der Waals surface area contributed by atoms with Gasteiger partial charge in [0.25, 0.3) is 0 Å². The van der Waals surface area contributed by atoms with E-state index in [1.165, 1.54) is 6.92 Å². The number of aliphatic carboxylic acids is 1. The molecule has 2 bridgehead atoms. The molecule has 4 saturated heterocycles. The van der Waals surface area contributed by atoms with Crippen molar-refractivity contribution in [3.05, 3.63) is 0 Å². The van der Waals surface area contributed by atoms with Gasteiger partial charge in [-0.3, -0.25) is 19.2 Å². The molecule has 4 heterocycles. The Morgan fingerprint density at radius 2 is 1.79 bits per heavy atom. The molecular weight excluding hydrogens is 500 g/mol. The number of ether oxygens (including phenoxy) is 3. The van der Waals surface area contributed by atoms with Gasteiger partial charge in [0.05, 0.1) is 6.42 Å². The third-order valence-electron chi connectivity index (χ3n) is 8.55. The Hall–Kier alpha value is -2.28. The second-order valence-electron chi connectivity index (χ2n) is 11.3. The van der Waals surface area contributed by atoms with Gasteiger partial charge in [-0.05, 0) is 51.4 Å². The smallest absolute Gasteiger partial charge is 0.325 e. The van der Waals surface area contributed by atoms with E-state index < -0.39 is 47.9 Å². The van der Waals surface area contributed by atoms with Crippen molar-refractivity contribution in [2.75, 3.05) is 6.54 Å². The number of hydrogen-bond donors (Lipinski definition) is 3. The summed E-state index contributed by atoms with van der Waals surface area (Å²) in [6.07, 6.45) is 2.22. The van der Waals surface area contributed by atoms with Gasteiger partial charge in [-0.1, -0.05) is 13.8 Å². The van der Waals surface area contributed by atoms with Crippen LogP contribution >= 0.6 is 0 Å². The third-order valence-corrected chi connectivity index (χ3v) is 8.55. The average molecular weight is 541 g/mol. The predicted molar refractivity (Wildman–Crippen MR) is 130 cm³/mol. The fourth-order valence-electron chi connectivity index (χ4n) is 6.35. The number of amides is 2. The molecule has 5 aliphatic rings. The highest BCUT2D eigenvalue weighted by Gasteiger charge is 2.69. The summed E-state index contributed by atoms with van der Waals surface area (Å²) in [6, 6.07) is -0.971. The standard InChI is InChI=1S/C26H40N2O10/c1-14-7-8-18-15(2)23(35-24-26(18)17(14)11-12-25(4,36-24)37-38-26)34-21(31)10-9-19(29)27-13-5-6-20(30)28-16(3)22(32)33/h14-18,23-24H,5-13H2,1-4H3,(H,27,29)(H,28,30)(H,32,33)/t14-,15+,16+,17+,18-,23-,24+,25+,26-/m1/s1. The molecule has 1 saturated carbocycles. The maximum atomic E-state index is 12.6. The van der Waals surface area contributed by atoms with E-state index in [0.717, 1.165) is 19.3 Å². The number of carbonyl (C=O) groups is 4. The Morgan fingerprint density at radius 1 is 1.03 bits per heavy atom. The molecule has 0 unspecified atom stereocenters. The number of rotatable bonds is 10. The summed E-state index contributed by atoms with van der Waals surface area (Å²) in [5, 5.41) is 13.8. The summed E-state index contributed by atoms with van der Waals surface area (Å²) in [6.45, 7) is 7.66. The van der Waals surface area contributed by atoms with E-state index in [4.69, 9.17) is 29.1 Å². The molecule has 38 heavy (non-hydrogen) atoms. The second kappa shape index (κ2) is 11.4. The van der Waals surface area contributed by atoms with Crippen LogP contribution < -0.4 is 10.6 Å². The van der Waals surface area contributed by atoms with Gasteiger partial charge in [-0.2, -0.15) is 0 Å². The van der Waals surface area contributed by atoms with Crippen molar-refractivity contribution >= 4 is 23.8 Å². The second-order valence-corrected chi connectivity index (χ2v) is 11.3. The molecular formula is C26H40N2O10. The molecule has 214 valence electrons. The van der Waals surface area contributed by atoms with Crippen molar-refractivity contribution < 1.29 is 48.3 Å². The van der Waals surface area contributed by atoms with Crippen LogP contribution in [0.25, 0.3) is 0 Å². The largest absolute Gasteiger partial charge is 0.480 e. The zero-order valence-electron chi connectivity index (χ0n) is 22.5. The highest BCUT2D eigenvalue weighted by atomic mass is 17.3. The fourth-order valence-corrected chi connectivity index (χ4v) is 6.35. The number of nitrogens with one attached hydrogen (secondary N) is 2. The van der Waals surface area contributed by atoms with Crippen molar-refractivity contribution in [1.82, 2.24) is 10.6 Å². The van der Waals surface area contributed by atoms with Crippen molar-refractivity contribution in [1.29, 1.82) is 0 Å². The minimum Gasteiger partial charge on any atom is -0.480 e. The lowest BCUT2D eigenvalue weighted by Gasteiger charge is -2.59. The molecule has 12 heteroatoms. The Balaban J connectivity index is 1.24. The minimum absolute atomic E-state index is 0.0295. The molecule has 9 atom stereocenters. The molecule has 0 aromatic rings. The van der Waals surface area contributed by atoms with Gasteiger partial charge >= 0.3 is 11.9 Å². The van der Waals surface area contributed by atoms with E-state index >= 15 is 0 Å². The average Bonchev–Trinajstić information content (AvgIpc) is 3.09. The van der Waals surface area contributed by atoms with Crippen LogP contribution in [0.4, 0.5) is 0 Å². The third kappa shape index (κ3) is 5.83. The molecule has 5 fully saturated rings. The normalized spacial score (nSPS) is 38.3. The highest BCUT2D eigenvalue weighted by Crippen LogP contribution is 2.60. The van der Waals surface area contributed by atoms with Crippen molar-refractivity contribution in [2.24, 2.45) is 23.7 Å². The summed E-state index contributed by atoms with van der Waals surface area (Å²) in [5.41, 5.74) is -0.738. The van der Waals surface area contributed by atoms with Gasteiger partial charge in [0, 0.05) is 37.6 Å². The van der Waals surface area contributed by atoms with Gasteiger partial charge < -0.3 is 30.0 Å². The van der Waals surface area contributed by atoms with E-state index in [2.05, 4.69) is 17.6 Å².